The Morgan fingerprint density at radius 1 is 1.22 bits per heavy atom. The molecule has 1 spiro atoms. The Balaban J connectivity index is 1.79. The summed E-state index contributed by atoms with van der Waals surface area (Å²) in [5.74, 6) is 2.67. The van der Waals surface area contributed by atoms with E-state index < -0.39 is 0 Å². The van der Waals surface area contributed by atoms with Crippen molar-refractivity contribution in [1.29, 1.82) is 0 Å². The molecule has 0 bridgehead atoms. The van der Waals surface area contributed by atoms with Crippen LogP contribution in [-0.4, -0.2) is 23.5 Å². The molecule has 18 heavy (non-hydrogen) atoms. The van der Waals surface area contributed by atoms with Gasteiger partial charge in [-0.25, -0.2) is 0 Å². The molecule has 2 nitrogen and oxygen atoms in total. The van der Waals surface area contributed by atoms with E-state index in [4.69, 9.17) is 0 Å². The van der Waals surface area contributed by atoms with Gasteiger partial charge in [-0.1, -0.05) is 30.3 Å². The summed E-state index contributed by atoms with van der Waals surface area (Å²) in [5, 5.41) is 3.21. The summed E-state index contributed by atoms with van der Waals surface area (Å²) in [5.41, 5.74) is 1.57. The summed E-state index contributed by atoms with van der Waals surface area (Å²) >= 11 is 2.03. The number of amides is 1. The highest BCUT2D eigenvalue weighted by Gasteiger charge is 2.46. The van der Waals surface area contributed by atoms with Crippen LogP contribution in [0.1, 0.15) is 24.8 Å². The molecule has 0 aromatic heterocycles. The van der Waals surface area contributed by atoms with Gasteiger partial charge in [0.05, 0.1) is 0 Å². The topological polar surface area (TPSA) is 29.1 Å². The Labute approximate surface area is 113 Å². The van der Waals surface area contributed by atoms with Gasteiger partial charge in [-0.15, -0.1) is 0 Å². The Morgan fingerprint density at radius 3 is 2.67 bits per heavy atom. The van der Waals surface area contributed by atoms with E-state index in [1.54, 1.807) is 0 Å². The van der Waals surface area contributed by atoms with Crippen LogP contribution < -0.4 is 5.32 Å². The molecule has 1 unspecified atom stereocenters. The minimum Gasteiger partial charge on any atom is -0.352 e. The van der Waals surface area contributed by atoms with E-state index in [9.17, 15) is 4.79 Å². The number of nitrogens with one attached hydrogen (secondary N) is 1. The minimum atomic E-state index is 0.234. The van der Waals surface area contributed by atoms with Crippen LogP contribution in [0.5, 0.6) is 0 Å². The summed E-state index contributed by atoms with van der Waals surface area (Å²) in [6, 6.07) is 10.9. The van der Waals surface area contributed by atoms with E-state index >= 15 is 0 Å². The molecular formula is C15H19NOS. The van der Waals surface area contributed by atoms with Gasteiger partial charge in [0, 0.05) is 17.9 Å². The van der Waals surface area contributed by atoms with Gasteiger partial charge in [-0.05, 0) is 36.3 Å². The first-order valence-corrected chi connectivity index (χ1v) is 7.85. The highest BCUT2D eigenvalue weighted by molar-refractivity contribution is 7.99. The fourth-order valence-electron chi connectivity index (χ4n) is 3.26. The SMILES string of the molecule is O=C1CC2(CCSCC2)C(Cc2ccccc2)N1. The molecule has 2 saturated heterocycles. The van der Waals surface area contributed by atoms with Gasteiger partial charge in [0.2, 0.25) is 5.91 Å². The molecule has 1 atom stereocenters. The fraction of sp³-hybridized carbons (Fsp3) is 0.533. The largest absolute Gasteiger partial charge is 0.352 e. The molecule has 1 aromatic rings. The lowest BCUT2D eigenvalue weighted by atomic mass is 9.73. The van der Waals surface area contributed by atoms with Crippen molar-refractivity contribution in [2.45, 2.75) is 31.7 Å². The lowest BCUT2D eigenvalue weighted by molar-refractivity contribution is -0.119. The van der Waals surface area contributed by atoms with E-state index in [1.165, 1.54) is 29.9 Å². The van der Waals surface area contributed by atoms with Crippen molar-refractivity contribution in [1.82, 2.24) is 5.32 Å². The summed E-state index contributed by atoms with van der Waals surface area (Å²) < 4.78 is 0. The maximum Gasteiger partial charge on any atom is 0.220 e. The second-order valence-electron chi connectivity index (χ2n) is 5.46. The molecule has 1 aromatic carbocycles. The van der Waals surface area contributed by atoms with Gasteiger partial charge in [-0.3, -0.25) is 4.79 Å². The van der Waals surface area contributed by atoms with Gasteiger partial charge >= 0.3 is 0 Å². The van der Waals surface area contributed by atoms with Crippen LogP contribution in [0, 0.1) is 5.41 Å². The van der Waals surface area contributed by atoms with Crippen molar-refractivity contribution in [3.8, 4) is 0 Å². The monoisotopic (exact) mass is 261 g/mol. The molecule has 0 radical (unpaired) electrons. The van der Waals surface area contributed by atoms with Crippen molar-refractivity contribution in [2.24, 2.45) is 5.41 Å². The number of benzene rings is 1. The second-order valence-corrected chi connectivity index (χ2v) is 6.69. The van der Waals surface area contributed by atoms with Gasteiger partial charge in [0.15, 0.2) is 0 Å². The Morgan fingerprint density at radius 2 is 1.94 bits per heavy atom. The van der Waals surface area contributed by atoms with E-state index in [0.29, 0.717) is 6.04 Å². The van der Waals surface area contributed by atoms with Crippen LogP contribution in [0.2, 0.25) is 0 Å². The first-order valence-electron chi connectivity index (χ1n) is 6.70. The maximum absolute atomic E-state index is 11.8. The van der Waals surface area contributed by atoms with E-state index in [0.717, 1.165) is 12.8 Å². The zero-order valence-corrected chi connectivity index (χ0v) is 11.3. The van der Waals surface area contributed by atoms with E-state index in [1.807, 2.05) is 17.8 Å². The molecule has 0 saturated carbocycles. The summed E-state index contributed by atoms with van der Waals surface area (Å²) in [4.78, 5) is 11.8. The number of carbonyl (C=O) groups is 1. The molecule has 1 N–H and O–H groups in total. The zero-order chi connectivity index (χ0) is 12.4. The molecule has 1 amide bonds. The quantitative estimate of drug-likeness (QED) is 0.886. The average molecular weight is 261 g/mol. The predicted octanol–water partition coefficient (Wildman–Crippen LogP) is 2.63. The van der Waals surface area contributed by atoms with Crippen molar-refractivity contribution in [2.75, 3.05) is 11.5 Å². The van der Waals surface area contributed by atoms with E-state index in [2.05, 4.69) is 29.6 Å². The molecular weight excluding hydrogens is 242 g/mol. The van der Waals surface area contributed by atoms with Gasteiger partial charge in [0.25, 0.3) is 0 Å². The van der Waals surface area contributed by atoms with Crippen LogP contribution in [0.25, 0.3) is 0 Å². The van der Waals surface area contributed by atoms with Crippen molar-refractivity contribution >= 4 is 17.7 Å². The lowest BCUT2D eigenvalue weighted by Crippen LogP contribution is -2.41. The first-order chi connectivity index (χ1) is 8.78. The van der Waals surface area contributed by atoms with Crippen molar-refractivity contribution in [3.05, 3.63) is 35.9 Å². The van der Waals surface area contributed by atoms with Gasteiger partial charge < -0.3 is 5.32 Å². The second kappa shape index (κ2) is 4.96. The molecule has 96 valence electrons. The third-order valence-electron chi connectivity index (χ3n) is 4.36. The van der Waals surface area contributed by atoms with Crippen LogP contribution in [0.4, 0.5) is 0 Å². The summed E-state index contributed by atoms with van der Waals surface area (Å²) in [6.45, 7) is 0. The van der Waals surface area contributed by atoms with Crippen molar-refractivity contribution < 1.29 is 4.79 Å². The molecule has 0 aliphatic carbocycles. The predicted molar refractivity (Wildman–Crippen MR) is 75.7 cm³/mol. The standard InChI is InChI=1S/C15H19NOS/c17-14-11-15(6-8-18-9-7-15)13(16-14)10-12-4-2-1-3-5-12/h1-5,13H,6-11H2,(H,16,17). The maximum atomic E-state index is 11.8. The number of rotatable bonds is 2. The van der Waals surface area contributed by atoms with Crippen LogP contribution in [0.15, 0.2) is 30.3 Å². The number of carbonyl (C=O) groups excluding carboxylic acids is 1. The molecule has 3 heteroatoms. The number of thioether (sulfide) groups is 1. The lowest BCUT2D eigenvalue weighted by Gasteiger charge is -2.37. The Hall–Kier alpha value is -0.960. The average Bonchev–Trinajstić information content (AvgIpc) is 2.67. The van der Waals surface area contributed by atoms with Crippen LogP contribution >= 0.6 is 11.8 Å². The molecule has 2 heterocycles. The number of hydrogen-bond donors (Lipinski definition) is 1. The highest BCUT2D eigenvalue weighted by atomic mass is 32.2. The molecule has 2 fully saturated rings. The smallest absolute Gasteiger partial charge is 0.220 e. The fourth-order valence-corrected chi connectivity index (χ4v) is 4.57. The Bertz CT molecular complexity index is 425. The van der Waals surface area contributed by atoms with Crippen LogP contribution in [-0.2, 0) is 11.2 Å². The van der Waals surface area contributed by atoms with Crippen molar-refractivity contribution in [3.63, 3.8) is 0 Å². The molecule has 3 rings (SSSR count). The summed E-state index contributed by atoms with van der Waals surface area (Å²) in [6.07, 6.45) is 4.10. The molecule has 2 aliphatic heterocycles. The Kier molecular flexibility index (Phi) is 3.33. The van der Waals surface area contributed by atoms with E-state index in [-0.39, 0.29) is 11.3 Å². The third-order valence-corrected chi connectivity index (χ3v) is 5.34. The minimum absolute atomic E-state index is 0.234. The van der Waals surface area contributed by atoms with Gasteiger partial charge in [-0.2, -0.15) is 11.8 Å². The normalized spacial score (nSPS) is 26.2. The van der Waals surface area contributed by atoms with Gasteiger partial charge in [0.1, 0.15) is 0 Å². The highest BCUT2D eigenvalue weighted by Crippen LogP contribution is 2.45. The summed E-state index contributed by atoms with van der Waals surface area (Å²) in [7, 11) is 0. The number of hydrogen-bond acceptors (Lipinski definition) is 2. The zero-order valence-electron chi connectivity index (χ0n) is 10.5. The third kappa shape index (κ3) is 2.28. The van der Waals surface area contributed by atoms with Crippen LogP contribution in [0.3, 0.4) is 0 Å². The molecule has 2 aliphatic rings. The first kappa shape index (κ1) is 12.1.